The molecule has 24 heavy (non-hydrogen) atoms. The minimum absolute atomic E-state index is 0.235. The summed E-state index contributed by atoms with van der Waals surface area (Å²) in [5, 5.41) is 10.4. The van der Waals surface area contributed by atoms with E-state index >= 15 is 0 Å². The van der Waals surface area contributed by atoms with Gasteiger partial charge in [-0.3, -0.25) is 14.2 Å². The number of hydrogen-bond acceptors (Lipinski definition) is 3. The average molecular weight is 341 g/mol. The van der Waals surface area contributed by atoms with Gasteiger partial charge in [-0.2, -0.15) is 23.4 Å². The zero-order valence-electron chi connectivity index (χ0n) is 13.4. The van der Waals surface area contributed by atoms with Crippen LogP contribution < -0.4 is 5.32 Å². The highest BCUT2D eigenvalue weighted by atomic mass is 19.4. The maximum absolute atomic E-state index is 13.1. The molecule has 0 aliphatic heterocycles. The van der Waals surface area contributed by atoms with Crippen LogP contribution in [0.2, 0.25) is 0 Å². The van der Waals surface area contributed by atoms with Crippen molar-refractivity contribution in [1.29, 1.82) is 0 Å². The number of anilines is 1. The first-order chi connectivity index (χ1) is 11.3. The van der Waals surface area contributed by atoms with Crippen LogP contribution in [0.5, 0.6) is 0 Å². The highest BCUT2D eigenvalue weighted by molar-refractivity contribution is 5.91. The highest BCUT2D eigenvalue weighted by Crippen LogP contribution is 2.35. The molecule has 2 aromatic rings. The van der Waals surface area contributed by atoms with Crippen molar-refractivity contribution in [3.63, 3.8) is 0 Å². The monoisotopic (exact) mass is 341 g/mol. The van der Waals surface area contributed by atoms with Crippen molar-refractivity contribution in [2.24, 2.45) is 7.05 Å². The van der Waals surface area contributed by atoms with Gasteiger partial charge in [0.25, 0.3) is 0 Å². The number of nitrogens with one attached hydrogen (secondary N) is 1. The second-order valence-electron chi connectivity index (χ2n) is 5.95. The largest absolute Gasteiger partial charge is 0.435 e. The van der Waals surface area contributed by atoms with Crippen molar-refractivity contribution < 1.29 is 18.0 Å². The molecule has 1 amide bonds. The Morgan fingerprint density at radius 3 is 2.67 bits per heavy atom. The van der Waals surface area contributed by atoms with Crippen LogP contribution >= 0.6 is 0 Å². The van der Waals surface area contributed by atoms with Crippen LogP contribution in [0.25, 0.3) is 0 Å². The third-order valence-corrected chi connectivity index (χ3v) is 4.33. The van der Waals surface area contributed by atoms with Crippen molar-refractivity contribution in [3.8, 4) is 0 Å². The standard InChI is InChI=1S/C15H18F3N5O/c1-9-11(7-19-22(9)2)20-13(24)8-23-12-6-4-3-5-10(12)14(21-23)15(16,17)18/h7H,3-6,8H2,1-2H3,(H,20,24). The Labute approximate surface area is 136 Å². The van der Waals surface area contributed by atoms with Crippen molar-refractivity contribution in [2.75, 3.05) is 5.32 Å². The molecular formula is C15H18F3N5O. The molecule has 0 radical (unpaired) electrons. The summed E-state index contributed by atoms with van der Waals surface area (Å²) in [5.74, 6) is -0.421. The Hall–Kier alpha value is -2.32. The first-order valence-electron chi connectivity index (χ1n) is 7.71. The number of fused-ring (bicyclic) bond motifs is 1. The van der Waals surface area contributed by atoms with E-state index in [-0.39, 0.29) is 12.1 Å². The molecule has 1 N–H and O–H groups in total. The van der Waals surface area contributed by atoms with Gasteiger partial charge in [-0.15, -0.1) is 0 Å². The summed E-state index contributed by atoms with van der Waals surface area (Å²) in [6, 6.07) is 0. The van der Waals surface area contributed by atoms with E-state index in [1.54, 1.807) is 18.7 Å². The smallest absolute Gasteiger partial charge is 0.322 e. The molecule has 0 aromatic carbocycles. The van der Waals surface area contributed by atoms with Crippen LogP contribution in [-0.2, 0) is 37.4 Å². The van der Waals surface area contributed by atoms with Gasteiger partial charge in [0.15, 0.2) is 5.69 Å². The molecular weight excluding hydrogens is 323 g/mol. The van der Waals surface area contributed by atoms with E-state index in [2.05, 4.69) is 15.5 Å². The summed E-state index contributed by atoms with van der Waals surface area (Å²) in [6.07, 6.45) is -0.608. The average Bonchev–Trinajstić information content (AvgIpc) is 3.03. The number of aryl methyl sites for hydroxylation is 1. The Morgan fingerprint density at radius 1 is 1.33 bits per heavy atom. The number of rotatable bonds is 3. The van der Waals surface area contributed by atoms with Gasteiger partial charge in [-0.1, -0.05) is 0 Å². The summed E-state index contributed by atoms with van der Waals surface area (Å²) in [6.45, 7) is 1.55. The molecule has 1 aliphatic rings. The molecule has 0 bridgehead atoms. The summed E-state index contributed by atoms with van der Waals surface area (Å²) in [4.78, 5) is 12.2. The predicted molar refractivity (Wildman–Crippen MR) is 80.4 cm³/mol. The Balaban J connectivity index is 1.83. The third-order valence-electron chi connectivity index (χ3n) is 4.33. The van der Waals surface area contributed by atoms with E-state index in [1.165, 1.54) is 10.9 Å². The first-order valence-corrected chi connectivity index (χ1v) is 7.71. The first kappa shape index (κ1) is 16.5. The van der Waals surface area contributed by atoms with E-state index in [9.17, 15) is 18.0 Å². The van der Waals surface area contributed by atoms with Gasteiger partial charge in [-0.05, 0) is 32.6 Å². The molecule has 0 saturated heterocycles. The summed E-state index contributed by atoms with van der Waals surface area (Å²) in [7, 11) is 1.74. The molecule has 3 rings (SSSR count). The van der Waals surface area contributed by atoms with Crippen LogP contribution in [0.4, 0.5) is 18.9 Å². The minimum Gasteiger partial charge on any atom is -0.322 e. The number of carbonyl (C=O) groups excluding carboxylic acids is 1. The van der Waals surface area contributed by atoms with E-state index in [0.29, 0.717) is 30.6 Å². The third kappa shape index (κ3) is 3.02. The highest BCUT2D eigenvalue weighted by Gasteiger charge is 2.39. The van der Waals surface area contributed by atoms with E-state index in [0.717, 1.165) is 12.1 Å². The maximum Gasteiger partial charge on any atom is 0.435 e. The fourth-order valence-corrected chi connectivity index (χ4v) is 2.98. The van der Waals surface area contributed by atoms with Gasteiger partial charge in [-0.25, -0.2) is 0 Å². The van der Waals surface area contributed by atoms with Gasteiger partial charge < -0.3 is 5.32 Å². The lowest BCUT2D eigenvalue weighted by Gasteiger charge is -2.14. The summed E-state index contributed by atoms with van der Waals surface area (Å²) < 4.78 is 42.2. The van der Waals surface area contributed by atoms with Crippen LogP contribution in [0, 0.1) is 6.92 Å². The van der Waals surface area contributed by atoms with Gasteiger partial charge in [0.2, 0.25) is 5.91 Å². The van der Waals surface area contributed by atoms with Crippen molar-refractivity contribution in [2.45, 2.75) is 45.3 Å². The van der Waals surface area contributed by atoms with Crippen LogP contribution in [-0.4, -0.2) is 25.5 Å². The molecule has 2 heterocycles. The van der Waals surface area contributed by atoms with Crippen molar-refractivity contribution in [3.05, 3.63) is 28.8 Å². The second kappa shape index (κ2) is 5.95. The Bertz CT molecular complexity index is 775. The maximum atomic E-state index is 13.1. The number of nitrogens with zero attached hydrogens (tertiary/aromatic N) is 4. The zero-order valence-corrected chi connectivity index (χ0v) is 13.4. The van der Waals surface area contributed by atoms with Gasteiger partial charge in [0, 0.05) is 18.3 Å². The van der Waals surface area contributed by atoms with E-state index in [4.69, 9.17) is 0 Å². The molecule has 1 aliphatic carbocycles. The molecule has 0 spiro atoms. The number of amides is 1. The topological polar surface area (TPSA) is 64.7 Å². The number of hydrogen-bond donors (Lipinski definition) is 1. The molecule has 2 aromatic heterocycles. The zero-order chi connectivity index (χ0) is 17.5. The van der Waals surface area contributed by atoms with Gasteiger partial charge >= 0.3 is 6.18 Å². The molecule has 130 valence electrons. The number of halogens is 3. The molecule has 0 saturated carbocycles. The number of alkyl halides is 3. The lowest BCUT2D eigenvalue weighted by atomic mass is 9.95. The van der Waals surface area contributed by atoms with E-state index in [1.807, 2.05) is 0 Å². The Morgan fingerprint density at radius 2 is 2.04 bits per heavy atom. The summed E-state index contributed by atoms with van der Waals surface area (Å²) in [5.41, 5.74) is 1.20. The Kier molecular flexibility index (Phi) is 4.10. The van der Waals surface area contributed by atoms with Gasteiger partial charge in [0.05, 0.1) is 17.6 Å². The van der Waals surface area contributed by atoms with Crippen LogP contribution in [0.3, 0.4) is 0 Å². The quantitative estimate of drug-likeness (QED) is 0.933. The molecule has 6 nitrogen and oxygen atoms in total. The summed E-state index contributed by atoms with van der Waals surface area (Å²) >= 11 is 0. The lowest BCUT2D eigenvalue weighted by Crippen LogP contribution is -2.22. The minimum atomic E-state index is -4.50. The fraction of sp³-hybridized carbons (Fsp3) is 0.533. The molecule has 0 fully saturated rings. The molecule has 0 atom stereocenters. The normalized spacial score (nSPS) is 14.5. The van der Waals surface area contributed by atoms with Crippen molar-refractivity contribution in [1.82, 2.24) is 19.6 Å². The van der Waals surface area contributed by atoms with Crippen LogP contribution in [0.15, 0.2) is 6.20 Å². The predicted octanol–water partition coefficient (Wildman–Crippen LogP) is 2.46. The molecule has 0 unspecified atom stereocenters. The SMILES string of the molecule is Cc1c(NC(=O)Cn2nc(C(F)(F)F)c3c2CCCC3)cnn1C. The van der Waals surface area contributed by atoms with Crippen LogP contribution in [0.1, 0.15) is 35.5 Å². The second-order valence-corrected chi connectivity index (χ2v) is 5.95. The van der Waals surface area contributed by atoms with Gasteiger partial charge in [0.1, 0.15) is 6.54 Å². The van der Waals surface area contributed by atoms with E-state index < -0.39 is 17.8 Å². The fourth-order valence-electron chi connectivity index (χ4n) is 2.98. The number of carbonyl (C=O) groups is 1. The molecule has 9 heteroatoms. The lowest BCUT2D eigenvalue weighted by molar-refractivity contribution is -0.142. The van der Waals surface area contributed by atoms with Crippen molar-refractivity contribution >= 4 is 11.6 Å². The number of aromatic nitrogens is 4.